The summed E-state index contributed by atoms with van der Waals surface area (Å²) in [5, 5.41) is 6.64. The van der Waals surface area contributed by atoms with Crippen LogP contribution in [0.25, 0.3) is 0 Å². The molecule has 0 amide bonds. The van der Waals surface area contributed by atoms with Crippen LogP contribution in [0.2, 0.25) is 0 Å². The summed E-state index contributed by atoms with van der Waals surface area (Å²) in [6.07, 6.45) is 0.825. The van der Waals surface area contributed by atoms with Gasteiger partial charge in [-0.1, -0.05) is 6.92 Å². The molecule has 18 heavy (non-hydrogen) atoms. The van der Waals surface area contributed by atoms with Crippen LogP contribution in [0.3, 0.4) is 0 Å². The second kappa shape index (κ2) is 7.16. The van der Waals surface area contributed by atoms with Crippen LogP contribution in [0.1, 0.15) is 32.2 Å². The van der Waals surface area contributed by atoms with Crippen molar-refractivity contribution >= 4 is 11.6 Å². The number of hydrogen-bond acceptors (Lipinski definition) is 5. The lowest BCUT2D eigenvalue weighted by Crippen LogP contribution is -2.23. The molecule has 0 aliphatic carbocycles. The smallest absolute Gasteiger partial charge is 0.135 e. The number of methoxy groups -OCH3 is 1. The monoisotopic (exact) mass is 252 g/mol. The second-order valence-electron chi connectivity index (χ2n) is 4.35. The summed E-state index contributed by atoms with van der Waals surface area (Å²) in [7, 11) is 1.70. The second-order valence-corrected chi connectivity index (χ2v) is 4.35. The van der Waals surface area contributed by atoms with Crippen LogP contribution in [0.5, 0.6) is 0 Å². The molecular weight excluding hydrogens is 228 g/mol. The fourth-order valence-corrected chi connectivity index (χ4v) is 1.73. The summed E-state index contributed by atoms with van der Waals surface area (Å²) in [5.74, 6) is 2.66. The maximum Gasteiger partial charge on any atom is 0.135 e. The normalized spacial score (nSPS) is 12.3. The lowest BCUT2D eigenvalue weighted by molar-refractivity contribution is 0.190. The van der Waals surface area contributed by atoms with Gasteiger partial charge in [0.1, 0.15) is 17.5 Å². The highest BCUT2D eigenvalue weighted by molar-refractivity contribution is 5.57. The topological polar surface area (TPSA) is 59.1 Å². The van der Waals surface area contributed by atoms with Gasteiger partial charge in [0.25, 0.3) is 0 Å². The summed E-state index contributed by atoms with van der Waals surface area (Å²) in [6, 6.07) is 0.225. The van der Waals surface area contributed by atoms with E-state index in [0.717, 1.165) is 36.0 Å². The molecule has 1 aromatic rings. The maximum atomic E-state index is 5.13. The van der Waals surface area contributed by atoms with Crippen LogP contribution in [0.4, 0.5) is 11.6 Å². The van der Waals surface area contributed by atoms with E-state index in [9.17, 15) is 0 Å². The molecule has 1 unspecified atom stereocenters. The zero-order valence-electron chi connectivity index (χ0n) is 12.0. The van der Waals surface area contributed by atoms with Crippen LogP contribution in [-0.4, -0.2) is 36.3 Å². The summed E-state index contributed by atoms with van der Waals surface area (Å²) >= 11 is 0. The SMILES string of the molecule is CCNc1nc(CC)nc(NC(C)COC)c1C. The minimum absolute atomic E-state index is 0.225. The Morgan fingerprint density at radius 2 is 1.89 bits per heavy atom. The molecule has 0 aromatic carbocycles. The molecule has 1 rings (SSSR count). The van der Waals surface area contributed by atoms with E-state index in [1.165, 1.54) is 0 Å². The van der Waals surface area contributed by atoms with Crippen molar-refractivity contribution in [3.05, 3.63) is 11.4 Å². The summed E-state index contributed by atoms with van der Waals surface area (Å²) in [6.45, 7) is 9.73. The van der Waals surface area contributed by atoms with Gasteiger partial charge in [-0.2, -0.15) is 0 Å². The van der Waals surface area contributed by atoms with E-state index in [1.54, 1.807) is 7.11 Å². The van der Waals surface area contributed by atoms with E-state index >= 15 is 0 Å². The third-order valence-corrected chi connectivity index (χ3v) is 2.65. The third-order valence-electron chi connectivity index (χ3n) is 2.65. The highest BCUT2D eigenvalue weighted by Crippen LogP contribution is 2.20. The first-order valence-corrected chi connectivity index (χ1v) is 6.49. The molecule has 102 valence electrons. The Labute approximate surface area is 109 Å². The fourth-order valence-electron chi connectivity index (χ4n) is 1.73. The quantitative estimate of drug-likeness (QED) is 0.779. The lowest BCUT2D eigenvalue weighted by atomic mass is 10.2. The van der Waals surface area contributed by atoms with Gasteiger partial charge in [-0.05, 0) is 20.8 Å². The van der Waals surface area contributed by atoms with E-state index in [4.69, 9.17) is 4.74 Å². The molecule has 5 nitrogen and oxygen atoms in total. The van der Waals surface area contributed by atoms with Crippen molar-refractivity contribution < 1.29 is 4.74 Å². The number of aryl methyl sites for hydroxylation is 1. The van der Waals surface area contributed by atoms with Crippen molar-refractivity contribution in [2.45, 2.75) is 40.2 Å². The highest BCUT2D eigenvalue weighted by Gasteiger charge is 2.11. The number of nitrogens with one attached hydrogen (secondary N) is 2. The highest BCUT2D eigenvalue weighted by atomic mass is 16.5. The Morgan fingerprint density at radius 3 is 2.44 bits per heavy atom. The molecular formula is C13H24N4O. The van der Waals surface area contributed by atoms with Gasteiger partial charge in [0.15, 0.2) is 0 Å². The molecule has 0 fully saturated rings. The van der Waals surface area contributed by atoms with Crippen molar-refractivity contribution in [3.63, 3.8) is 0 Å². The van der Waals surface area contributed by atoms with Crippen LogP contribution in [0.15, 0.2) is 0 Å². The first kappa shape index (κ1) is 14.7. The van der Waals surface area contributed by atoms with Crippen molar-refractivity contribution in [1.82, 2.24) is 9.97 Å². The number of rotatable bonds is 7. The molecule has 5 heteroatoms. The molecule has 0 radical (unpaired) electrons. The van der Waals surface area contributed by atoms with Crippen LogP contribution < -0.4 is 10.6 Å². The number of anilines is 2. The van der Waals surface area contributed by atoms with E-state index in [0.29, 0.717) is 6.61 Å². The third kappa shape index (κ3) is 3.84. The van der Waals surface area contributed by atoms with E-state index in [-0.39, 0.29) is 6.04 Å². The predicted octanol–water partition coefficient (Wildman–Crippen LogP) is 2.23. The van der Waals surface area contributed by atoms with Crippen molar-refractivity contribution in [3.8, 4) is 0 Å². The molecule has 0 saturated heterocycles. The van der Waals surface area contributed by atoms with Gasteiger partial charge < -0.3 is 15.4 Å². The first-order valence-electron chi connectivity index (χ1n) is 6.49. The molecule has 1 aromatic heterocycles. The average molecular weight is 252 g/mol. The van der Waals surface area contributed by atoms with Gasteiger partial charge in [-0.15, -0.1) is 0 Å². The molecule has 0 saturated carbocycles. The first-order chi connectivity index (χ1) is 8.62. The minimum Gasteiger partial charge on any atom is -0.383 e. The number of ether oxygens (including phenoxy) is 1. The number of nitrogens with zero attached hydrogens (tertiary/aromatic N) is 2. The Bertz CT molecular complexity index is 381. The lowest BCUT2D eigenvalue weighted by Gasteiger charge is -2.18. The van der Waals surface area contributed by atoms with Gasteiger partial charge in [-0.25, -0.2) is 9.97 Å². The zero-order chi connectivity index (χ0) is 13.5. The summed E-state index contributed by atoms with van der Waals surface area (Å²) < 4.78 is 5.13. The molecule has 0 aliphatic heterocycles. The van der Waals surface area contributed by atoms with Gasteiger partial charge in [0, 0.05) is 31.7 Å². The predicted molar refractivity (Wildman–Crippen MR) is 75.3 cm³/mol. The maximum absolute atomic E-state index is 5.13. The zero-order valence-corrected chi connectivity index (χ0v) is 12.0. The van der Waals surface area contributed by atoms with Crippen LogP contribution >= 0.6 is 0 Å². The fraction of sp³-hybridized carbons (Fsp3) is 0.692. The Kier molecular flexibility index (Phi) is 5.85. The number of hydrogen-bond donors (Lipinski definition) is 2. The molecule has 1 atom stereocenters. The van der Waals surface area contributed by atoms with Gasteiger partial charge in [0.05, 0.1) is 6.61 Å². The average Bonchev–Trinajstić information content (AvgIpc) is 2.34. The van der Waals surface area contributed by atoms with Gasteiger partial charge in [-0.3, -0.25) is 0 Å². The summed E-state index contributed by atoms with van der Waals surface area (Å²) in [4.78, 5) is 9.04. The van der Waals surface area contributed by atoms with Gasteiger partial charge in [0.2, 0.25) is 0 Å². The largest absolute Gasteiger partial charge is 0.383 e. The Morgan fingerprint density at radius 1 is 1.22 bits per heavy atom. The van der Waals surface area contributed by atoms with Crippen molar-refractivity contribution in [1.29, 1.82) is 0 Å². The molecule has 0 bridgehead atoms. The van der Waals surface area contributed by atoms with E-state index in [1.807, 2.05) is 6.92 Å². The minimum atomic E-state index is 0.225. The Hall–Kier alpha value is -1.36. The number of aromatic nitrogens is 2. The molecule has 0 spiro atoms. The van der Waals surface area contributed by atoms with E-state index in [2.05, 4.69) is 41.4 Å². The molecule has 1 heterocycles. The standard InChI is InChI=1S/C13H24N4O/c1-6-11-16-12(14-7-2)10(4)13(17-11)15-9(3)8-18-5/h9H,6-8H2,1-5H3,(H2,14,15,16,17). The van der Waals surface area contributed by atoms with Crippen LogP contribution in [-0.2, 0) is 11.2 Å². The summed E-state index contributed by atoms with van der Waals surface area (Å²) in [5.41, 5.74) is 1.05. The molecule has 2 N–H and O–H groups in total. The van der Waals surface area contributed by atoms with E-state index < -0.39 is 0 Å². The van der Waals surface area contributed by atoms with Gasteiger partial charge >= 0.3 is 0 Å². The Balaban J connectivity index is 2.97. The molecule has 0 aliphatic rings. The van der Waals surface area contributed by atoms with Crippen LogP contribution in [0, 0.1) is 6.92 Å². The van der Waals surface area contributed by atoms with Crippen molar-refractivity contribution in [2.75, 3.05) is 30.9 Å². The van der Waals surface area contributed by atoms with Crippen molar-refractivity contribution in [2.24, 2.45) is 0 Å².